The first-order valence-corrected chi connectivity index (χ1v) is 6.95. The van der Waals surface area contributed by atoms with Crippen molar-refractivity contribution >= 4 is 5.82 Å². The Kier molecular flexibility index (Phi) is 3.61. The Morgan fingerprint density at radius 2 is 1.71 bits per heavy atom. The van der Waals surface area contributed by atoms with Crippen molar-refractivity contribution in [1.29, 1.82) is 0 Å². The van der Waals surface area contributed by atoms with Crippen LogP contribution < -0.4 is 4.90 Å². The highest BCUT2D eigenvalue weighted by Crippen LogP contribution is 2.30. The van der Waals surface area contributed by atoms with E-state index in [0.717, 1.165) is 38.2 Å². The zero-order valence-electron chi connectivity index (χ0n) is 11.4. The Hall–Kier alpha value is -1.98. The molecule has 0 aromatic carbocycles. The van der Waals surface area contributed by atoms with Gasteiger partial charge in [0.2, 0.25) is 0 Å². The second-order valence-electron chi connectivity index (χ2n) is 5.25. The molecule has 0 amide bonds. The molecule has 3 heterocycles. The van der Waals surface area contributed by atoms with Gasteiger partial charge >= 0.3 is 6.18 Å². The second kappa shape index (κ2) is 5.42. The standard InChI is InChI=1S/C15H16F3N3/c16-15(17,18)12-3-4-14(19-11-12)21-9-5-13(6-10-21)20-7-1-2-8-20/h1-4,7-8,11,13H,5-6,9-10H2. The minimum atomic E-state index is -4.33. The van der Waals surface area contributed by atoms with Crippen LogP contribution in [0.3, 0.4) is 0 Å². The van der Waals surface area contributed by atoms with E-state index in [9.17, 15) is 13.2 Å². The maximum Gasteiger partial charge on any atom is 0.417 e. The third-order valence-corrected chi connectivity index (χ3v) is 3.91. The molecule has 0 spiro atoms. The molecule has 1 aliphatic rings. The van der Waals surface area contributed by atoms with Crippen LogP contribution in [0.15, 0.2) is 42.9 Å². The fourth-order valence-electron chi connectivity index (χ4n) is 2.73. The summed E-state index contributed by atoms with van der Waals surface area (Å²) in [5, 5.41) is 0. The van der Waals surface area contributed by atoms with Gasteiger partial charge in [-0.05, 0) is 37.1 Å². The average Bonchev–Trinajstić information content (AvgIpc) is 3.01. The van der Waals surface area contributed by atoms with Gasteiger partial charge in [-0.2, -0.15) is 13.2 Å². The van der Waals surface area contributed by atoms with Crippen molar-refractivity contribution in [2.45, 2.75) is 25.1 Å². The number of hydrogen-bond donors (Lipinski definition) is 0. The Balaban J connectivity index is 1.64. The molecule has 3 rings (SSSR count). The molecule has 6 heteroatoms. The predicted octanol–water partition coefficient (Wildman–Crippen LogP) is 3.74. The SMILES string of the molecule is FC(F)(F)c1ccc(N2CCC(n3cccc3)CC2)nc1. The summed E-state index contributed by atoms with van der Waals surface area (Å²) < 4.78 is 39.7. The molecule has 0 radical (unpaired) electrons. The first-order chi connectivity index (χ1) is 10.0. The summed E-state index contributed by atoms with van der Waals surface area (Å²) in [6.45, 7) is 1.61. The smallest absolute Gasteiger partial charge is 0.356 e. The van der Waals surface area contributed by atoms with Gasteiger partial charge in [-0.15, -0.1) is 0 Å². The molecule has 3 nitrogen and oxygen atoms in total. The van der Waals surface area contributed by atoms with Crippen molar-refractivity contribution in [1.82, 2.24) is 9.55 Å². The van der Waals surface area contributed by atoms with Crippen LogP contribution >= 0.6 is 0 Å². The largest absolute Gasteiger partial charge is 0.417 e. The van der Waals surface area contributed by atoms with Crippen LogP contribution in [-0.2, 0) is 6.18 Å². The van der Waals surface area contributed by atoms with E-state index in [1.807, 2.05) is 17.0 Å². The first kappa shape index (κ1) is 14.0. The Morgan fingerprint density at radius 1 is 1.05 bits per heavy atom. The molecule has 2 aromatic heterocycles. The van der Waals surface area contributed by atoms with Gasteiger partial charge in [0, 0.05) is 37.7 Å². The molecule has 0 saturated carbocycles. The van der Waals surface area contributed by atoms with E-state index in [1.54, 1.807) is 0 Å². The summed E-state index contributed by atoms with van der Waals surface area (Å²) in [5.41, 5.74) is -0.700. The number of alkyl halides is 3. The van der Waals surface area contributed by atoms with Gasteiger partial charge in [-0.3, -0.25) is 0 Å². The Bertz CT molecular complexity index is 567. The van der Waals surface area contributed by atoms with Crippen molar-refractivity contribution in [2.24, 2.45) is 0 Å². The molecule has 0 unspecified atom stereocenters. The number of pyridine rings is 1. The predicted molar refractivity (Wildman–Crippen MR) is 74.2 cm³/mol. The molecule has 21 heavy (non-hydrogen) atoms. The van der Waals surface area contributed by atoms with E-state index < -0.39 is 11.7 Å². The number of nitrogens with zero attached hydrogens (tertiary/aromatic N) is 3. The maximum absolute atomic E-state index is 12.5. The quantitative estimate of drug-likeness (QED) is 0.841. The van der Waals surface area contributed by atoms with Gasteiger partial charge in [-0.1, -0.05) is 0 Å². The highest BCUT2D eigenvalue weighted by atomic mass is 19.4. The summed E-state index contributed by atoms with van der Waals surface area (Å²) in [4.78, 5) is 6.00. The lowest BCUT2D eigenvalue weighted by Gasteiger charge is -2.33. The van der Waals surface area contributed by atoms with Crippen molar-refractivity contribution in [3.63, 3.8) is 0 Å². The van der Waals surface area contributed by atoms with Crippen LogP contribution in [0.25, 0.3) is 0 Å². The Labute approximate surface area is 121 Å². The fourth-order valence-corrected chi connectivity index (χ4v) is 2.73. The number of hydrogen-bond acceptors (Lipinski definition) is 2. The molecule has 0 N–H and O–H groups in total. The molecule has 0 atom stereocenters. The van der Waals surface area contributed by atoms with Gasteiger partial charge in [0.1, 0.15) is 5.82 Å². The minimum Gasteiger partial charge on any atom is -0.356 e. The molecular weight excluding hydrogens is 279 g/mol. The third kappa shape index (κ3) is 3.04. The normalized spacial score (nSPS) is 17.2. The van der Waals surface area contributed by atoms with Crippen LogP contribution in [0.2, 0.25) is 0 Å². The zero-order chi connectivity index (χ0) is 14.9. The topological polar surface area (TPSA) is 21.1 Å². The number of aromatic nitrogens is 2. The lowest BCUT2D eigenvalue weighted by atomic mass is 10.0. The maximum atomic E-state index is 12.5. The van der Waals surface area contributed by atoms with Crippen molar-refractivity contribution in [3.05, 3.63) is 48.4 Å². The van der Waals surface area contributed by atoms with Crippen LogP contribution in [0.1, 0.15) is 24.4 Å². The van der Waals surface area contributed by atoms with Crippen molar-refractivity contribution in [3.8, 4) is 0 Å². The molecule has 112 valence electrons. The fraction of sp³-hybridized carbons (Fsp3) is 0.400. The van der Waals surface area contributed by atoms with Gasteiger partial charge < -0.3 is 9.47 Å². The van der Waals surface area contributed by atoms with Crippen molar-refractivity contribution < 1.29 is 13.2 Å². The van der Waals surface area contributed by atoms with E-state index in [2.05, 4.69) is 21.9 Å². The minimum absolute atomic E-state index is 0.464. The summed E-state index contributed by atoms with van der Waals surface area (Å²) >= 11 is 0. The number of piperidine rings is 1. The third-order valence-electron chi connectivity index (χ3n) is 3.91. The number of anilines is 1. The van der Waals surface area contributed by atoms with E-state index in [-0.39, 0.29) is 0 Å². The summed E-state index contributed by atoms with van der Waals surface area (Å²) in [7, 11) is 0. The van der Waals surface area contributed by atoms with Crippen LogP contribution in [-0.4, -0.2) is 22.6 Å². The van der Waals surface area contributed by atoms with E-state index >= 15 is 0 Å². The molecule has 1 aliphatic heterocycles. The Morgan fingerprint density at radius 3 is 2.24 bits per heavy atom. The van der Waals surface area contributed by atoms with Gasteiger partial charge in [-0.25, -0.2) is 4.98 Å². The summed E-state index contributed by atoms with van der Waals surface area (Å²) in [6.07, 6.45) is 2.63. The zero-order valence-corrected chi connectivity index (χ0v) is 11.4. The van der Waals surface area contributed by atoms with Crippen LogP contribution in [0.4, 0.5) is 19.0 Å². The molecule has 1 saturated heterocycles. The van der Waals surface area contributed by atoms with E-state index in [0.29, 0.717) is 11.9 Å². The summed E-state index contributed by atoms with van der Waals surface area (Å²) in [5.74, 6) is 0.619. The second-order valence-corrected chi connectivity index (χ2v) is 5.25. The lowest BCUT2D eigenvalue weighted by molar-refractivity contribution is -0.137. The average molecular weight is 295 g/mol. The lowest BCUT2D eigenvalue weighted by Crippen LogP contribution is -2.34. The summed E-state index contributed by atoms with van der Waals surface area (Å²) in [6, 6.07) is 7.03. The van der Waals surface area contributed by atoms with E-state index in [4.69, 9.17) is 0 Å². The highest BCUT2D eigenvalue weighted by Gasteiger charge is 2.31. The number of halogens is 3. The van der Waals surface area contributed by atoms with Crippen LogP contribution in [0.5, 0.6) is 0 Å². The first-order valence-electron chi connectivity index (χ1n) is 6.95. The molecular formula is C15H16F3N3. The van der Waals surface area contributed by atoms with E-state index in [1.165, 1.54) is 6.07 Å². The van der Waals surface area contributed by atoms with Gasteiger partial charge in [0.15, 0.2) is 0 Å². The van der Waals surface area contributed by atoms with Gasteiger partial charge in [0.25, 0.3) is 0 Å². The van der Waals surface area contributed by atoms with Crippen LogP contribution in [0, 0.1) is 0 Å². The molecule has 0 bridgehead atoms. The molecule has 1 fully saturated rings. The highest BCUT2D eigenvalue weighted by molar-refractivity contribution is 5.40. The van der Waals surface area contributed by atoms with Gasteiger partial charge in [0.05, 0.1) is 5.56 Å². The number of rotatable bonds is 2. The molecule has 0 aliphatic carbocycles. The molecule has 2 aromatic rings. The monoisotopic (exact) mass is 295 g/mol. The van der Waals surface area contributed by atoms with Crippen molar-refractivity contribution in [2.75, 3.05) is 18.0 Å².